The predicted octanol–water partition coefficient (Wildman–Crippen LogP) is 1.23. The van der Waals surface area contributed by atoms with E-state index in [1.807, 2.05) is 0 Å². The maximum Gasteiger partial charge on any atom is 0.310 e. The minimum Gasteiger partial charge on any atom is -0.482 e. The molecule has 0 fully saturated rings. The molecule has 0 aromatic heterocycles. The number of fused-ring (bicyclic) bond motifs is 1. The summed E-state index contributed by atoms with van der Waals surface area (Å²) in [6.07, 6.45) is 0. The van der Waals surface area contributed by atoms with Crippen molar-refractivity contribution in [2.45, 2.75) is 12.8 Å². The van der Waals surface area contributed by atoms with Gasteiger partial charge < -0.3 is 14.7 Å². The summed E-state index contributed by atoms with van der Waals surface area (Å²) in [6, 6.07) is 5.09. The Morgan fingerprint density at radius 1 is 1.53 bits per heavy atom. The average molecular weight is 235 g/mol. The lowest BCUT2D eigenvalue weighted by atomic mass is 10.0. The van der Waals surface area contributed by atoms with Crippen LogP contribution in [-0.2, 0) is 9.59 Å². The summed E-state index contributed by atoms with van der Waals surface area (Å²) in [5.74, 6) is -1.04. The first-order valence-electron chi connectivity index (χ1n) is 5.27. The van der Waals surface area contributed by atoms with E-state index >= 15 is 0 Å². The van der Waals surface area contributed by atoms with Crippen LogP contribution in [0.15, 0.2) is 18.2 Å². The van der Waals surface area contributed by atoms with Gasteiger partial charge in [0.15, 0.2) is 6.61 Å². The highest BCUT2D eigenvalue weighted by Gasteiger charge is 2.24. The molecule has 0 saturated heterocycles. The lowest BCUT2D eigenvalue weighted by Gasteiger charge is -2.26. The van der Waals surface area contributed by atoms with Crippen LogP contribution in [0.2, 0.25) is 0 Å². The van der Waals surface area contributed by atoms with E-state index in [1.165, 1.54) is 4.90 Å². The minimum absolute atomic E-state index is 0.00555. The van der Waals surface area contributed by atoms with E-state index in [-0.39, 0.29) is 12.5 Å². The molecule has 1 heterocycles. The number of benzene rings is 1. The van der Waals surface area contributed by atoms with Gasteiger partial charge in [-0.2, -0.15) is 0 Å². The maximum absolute atomic E-state index is 11.4. The zero-order chi connectivity index (χ0) is 12.6. The predicted molar refractivity (Wildman–Crippen MR) is 61.4 cm³/mol. The molecule has 1 aromatic carbocycles. The monoisotopic (exact) mass is 235 g/mol. The maximum atomic E-state index is 11.4. The van der Waals surface area contributed by atoms with Gasteiger partial charge in [-0.3, -0.25) is 9.59 Å². The molecule has 17 heavy (non-hydrogen) atoms. The summed E-state index contributed by atoms with van der Waals surface area (Å²) in [4.78, 5) is 23.8. The molecule has 0 radical (unpaired) electrons. The highest BCUT2D eigenvalue weighted by Crippen LogP contribution is 2.33. The van der Waals surface area contributed by atoms with Crippen molar-refractivity contribution in [1.82, 2.24) is 0 Å². The Hall–Kier alpha value is -2.04. The number of carbonyl (C=O) groups excluding carboxylic acids is 1. The average Bonchev–Trinajstić information content (AvgIpc) is 2.32. The fraction of sp³-hybridized carbons (Fsp3) is 0.333. The Morgan fingerprint density at radius 2 is 2.24 bits per heavy atom. The van der Waals surface area contributed by atoms with Crippen LogP contribution in [0, 0.1) is 0 Å². The summed E-state index contributed by atoms with van der Waals surface area (Å²) in [7, 11) is 1.67. The highest BCUT2D eigenvalue weighted by molar-refractivity contribution is 5.97. The van der Waals surface area contributed by atoms with E-state index in [9.17, 15) is 9.59 Å². The number of carboxylic acid groups (broad SMARTS) is 1. The molecule has 0 bridgehead atoms. The van der Waals surface area contributed by atoms with Crippen LogP contribution in [-0.4, -0.2) is 30.6 Å². The van der Waals surface area contributed by atoms with Crippen LogP contribution in [0.1, 0.15) is 18.4 Å². The molecular formula is C12H13NO4. The number of amides is 1. The topological polar surface area (TPSA) is 66.8 Å². The van der Waals surface area contributed by atoms with Crippen molar-refractivity contribution in [2.24, 2.45) is 0 Å². The van der Waals surface area contributed by atoms with Gasteiger partial charge >= 0.3 is 5.97 Å². The number of carbonyl (C=O) groups is 2. The molecule has 0 spiro atoms. The largest absolute Gasteiger partial charge is 0.482 e. The van der Waals surface area contributed by atoms with Gasteiger partial charge in [-0.1, -0.05) is 6.07 Å². The lowest BCUT2D eigenvalue weighted by molar-refractivity contribution is -0.138. The van der Waals surface area contributed by atoms with E-state index in [4.69, 9.17) is 9.84 Å². The molecule has 0 saturated carbocycles. The molecule has 5 heteroatoms. The first-order valence-corrected chi connectivity index (χ1v) is 5.27. The number of ether oxygens (including phenoxy) is 1. The lowest BCUT2D eigenvalue weighted by Crippen LogP contribution is -2.35. The first-order chi connectivity index (χ1) is 8.00. The number of hydrogen-bond acceptors (Lipinski definition) is 3. The number of anilines is 1. The number of rotatable bonds is 2. The molecule has 1 aliphatic heterocycles. The van der Waals surface area contributed by atoms with Crippen LogP contribution in [0.4, 0.5) is 5.69 Å². The Bertz CT molecular complexity index is 483. The van der Waals surface area contributed by atoms with Crippen molar-refractivity contribution < 1.29 is 19.4 Å². The molecule has 1 aromatic rings. The molecule has 1 aliphatic rings. The summed E-state index contributed by atoms with van der Waals surface area (Å²) in [6.45, 7) is 1.61. The summed E-state index contributed by atoms with van der Waals surface area (Å²) in [5.41, 5.74) is 1.33. The molecule has 2 rings (SSSR count). The van der Waals surface area contributed by atoms with Gasteiger partial charge in [0.05, 0.1) is 11.6 Å². The van der Waals surface area contributed by atoms with Crippen LogP contribution in [0.5, 0.6) is 5.75 Å². The van der Waals surface area contributed by atoms with Crippen LogP contribution in [0.25, 0.3) is 0 Å². The van der Waals surface area contributed by atoms with Crippen molar-refractivity contribution in [3.05, 3.63) is 23.8 Å². The smallest absolute Gasteiger partial charge is 0.310 e. The van der Waals surface area contributed by atoms with Gasteiger partial charge in [0, 0.05) is 7.05 Å². The Morgan fingerprint density at radius 3 is 2.88 bits per heavy atom. The van der Waals surface area contributed by atoms with Crippen molar-refractivity contribution in [1.29, 1.82) is 0 Å². The minimum atomic E-state index is -0.884. The number of likely N-dealkylation sites (N-methyl/N-ethyl adjacent to an activating group) is 1. The Kier molecular flexibility index (Phi) is 2.75. The fourth-order valence-corrected chi connectivity index (χ4v) is 1.71. The molecule has 1 unspecified atom stereocenters. The number of hydrogen-bond donors (Lipinski definition) is 1. The summed E-state index contributed by atoms with van der Waals surface area (Å²) < 4.78 is 5.29. The van der Waals surface area contributed by atoms with Crippen LogP contribution < -0.4 is 9.64 Å². The molecule has 1 N–H and O–H groups in total. The van der Waals surface area contributed by atoms with Crippen molar-refractivity contribution in [2.75, 3.05) is 18.6 Å². The molecule has 1 atom stereocenters. The van der Waals surface area contributed by atoms with Crippen molar-refractivity contribution in [3.8, 4) is 5.75 Å². The molecule has 5 nitrogen and oxygen atoms in total. The van der Waals surface area contributed by atoms with E-state index in [0.717, 1.165) is 0 Å². The normalized spacial score (nSPS) is 16.1. The number of aliphatic carboxylic acids is 1. The van der Waals surface area contributed by atoms with Gasteiger partial charge in [0.2, 0.25) is 0 Å². The molecular weight excluding hydrogens is 222 g/mol. The summed E-state index contributed by atoms with van der Waals surface area (Å²) in [5, 5.41) is 8.93. The van der Waals surface area contributed by atoms with E-state index in [1.54, 1.807) is 32.2 Å². The van der Waals surface area contributed by atoms with Gasteiger partial charge in [0.25, 0.3) is 5.91 Å². The Labute approximate surface area is 98.6 Å². The third-order valence-corrected chi connectivity index (χ3v) is 2.94. The standard InChI is InChI=1S/C12H13NO4/c1-7(12(15)16)8-3-4-9-10(5-8)17-6-11(14)13(9)2/h3-5,7H,6H2,1-2H3,(H,15,16). The first kappa shape index (κ1) is 11.4. The highest BCUT2D eigenvalue weighted by atomic mass is 16.5. The molecule has 1 amide bonds. The number of nitrogens with zero attached hydrogens (tertiary/aromatic N) is 1. The third kappa shape index (κ3) is 1.95. The third-order valence-electron chi connectivity index (χ3n) is 2.94. The Balaban J connectivity index is 2.39. The van der Waals surface area contributed by atoms with E-state index in [0.29, 0.717) is 17.0 Å². The zero-order valence-electron chi connectivity index (χ0n) is 9.64. The molecule has 0 aliphatic carbocycles. The van der Waals surface area contributed by atoms with Crippen LogP contribution >= 0.6 is 0 Å². The van der Waals surface area contributed by atoms with Gasteiger partial charge in [-0.05, 0) is 24.6 Å². The quantitative estimate of drug-likeness (QED) is 0.837. The summed E-state index contributed by atoms with van der Waals surface area (Å²) >= 11 is 0. The second-order valence-electron chi connectivity index (χ2n) is 4.03. The van der Waals surface area contributed by atoms with E-state index in [2.05, 4.69) is 0 Å². The number of carboxylic acids is 1. The second-order valence-corrected chi connectivity index (χ2v) is 4.03. The zero-order valence-corrected chi connectivity index (χ0v) is 9.64. The second kappa shape index (κ2) is 4.08. The van der Waals surface area contributed by atoms with Crippen molar-refractivity contribution in [3.63, 3.8) is 0 Å². The van der Waals surface area contributed by atoms with E-state index < -0.39 is 11.9 Å². The fourth-order valence-electron chi connectivity index (χ4n) is 1.71. The van der Waals surface area contributed by atoms with Gasteiger partial charge in [0.1, 0.15) is 5.75 Å². The molecule has 90 valence electrons. The van der Waals surface area contributed by atoms with Crippen LogP contribution in [0.3, 0.4) is 0 Å². The van der Waals surface area contributed by atoms with Gasteiger partial charge in [-0.25, -0.2) is 0 Å². The van der Waals surface area contributed by atoms with Crippen molar-refractivity contribution >= 4 is 17.6 Å². The van der Waals surface area contributed by atoms with Gasteiger partial charge in [-0.15, -0.1) is 0 Å². The SMILES string of the molecule is CC(C(=O)O)c1ccc2c(c1)OCC(=O)N2C.